The van der Waals surface area contributed by atoms with Crippen LogP contribution in [0.2, 0.25) is 0 Å². The molecule has 0 aromatic heterocycles. The smallest absolute Gasteiger partial charge is 0.241 e. The summed E-state index contributed by atoms with van der Waals surface area (Å²) in [6.45, 7) is 3.20. The van der Waals surface area contributed by atoms with Crippen molar-refractivity contribution in [1.29, 1.82) is 0 Å². The van der Waals surface area contributed by atoms with Crippen molar-refractivity contribution in [2.75, 3.05) is 26.0 Å². The molecule has 8 nitrogen and oxygen atoms in total. The Labute approximate surface area is 177 Å². The fraction of sp³-hybridized carbons (Fsp3) is 0.333. The number of nitrogens with one attached hydrogen (secondary N) is 3. The zero-order valence-electron chi connectivity index (χ0n) is 17.5. The van der Waals surface area contributed by atoms with Gasteiger partial charge in [-0.2, -0.15) is 4.72 Å². The van der Waals surface area contributed by atoms with Gasteiger partial charge in [-0.1, -0.05) is 30.3 Å². The molecule has 9 heteroatoms. The minimum atomic E-state index is -3.89. The summed E-state index contributed by atoms with van der Waals surface area (Å²) in [5.74, 6) is -0.670. The lowest BCUT2D eigenvalue weighted by molar-refractivity contribution is -0.122. The van der Waals surface area contributed by atoms with Crippen molar-refractivity contribution in [2.45, 2.75) is 30.8 Å². The van der Waals surface area contributed by atoms with Gasteiger partial charge in [0.25, 0.3) is 0 Å². The van der Waals surface area contributed by atoms with Gasteiger partial charge < -0.3 is 15.5 Å². The van der Waals surface area contributed by atoms with Crippen molar-refractivity contribution in [3.05, 3.63) is 60.2 Å². The van der Waals surface area contributed by atoms with Crippen molar-refractivity contribution < 1.29 is 18.0 Å². The van der Waals surface area contributed by atoms with Crippen LogP contribution in [0.3, 0.4) is 0 Å². The average Bonchev–Trinajstić information content (AvgIpc) is 2.68. The Morgan fingerprint density at radius 2 is 1.60 bits per heavy atom. The number of amides is 2. The molecule has 0 bridgehead atoms. The van der Waals surface area contributed by atoms with Gasteiger partial charge in [0.1, 0.15) is 0 Å². The van der Waals surface area contributed by atoms with E-state index in [1.165, 1.54) is 38.1 Å². The molecular formula is C21H28N4O4S. The Morgan fingerprint density at radius 1 is 1.00 bits per heavy atom. The standard InChI is InChI=1S/C21H28N4O4S/c1-15(21(27)22-14-20(25(3)4)17-8-6-5-7-9-17)24-30(28,29)19-12-10-18(11-13-19)23-16(2)26/h5-13,15,20,24H,14H2,1-4H3,(H,22,27)(H,23,26)/t15-,20+/m0/s1. The molecule has 0 fully saturated rings. The molecule has 0 saturated heterocycles. The lowest BCUT2D eigenvalue weighted by Crippen LogP contribution is -2.46. The second-order valence-electron chi connectivity index (χ2n) is 7.18. The van der Waals surface area contributed by atoms with E-state index in [9.17, 15) is 18.0 Å². The first kappa shape index (κ1) is 23.5. The van der Waals surface area contributed by atoms with E-state index in [2.05, 4.69) is 15.4 Å². The molecule has 0 aliphatic rings. The van der Waals surface area contributed by atoms with Crippen molar-refractivity contribution >= 4 is 27.5 Å². The molecule has 0 aliphatic carbocycles. The molecular weight excluding hydrogens is 404 g/mol. The van der Waals surface area contributed by atoms with Crippen LogP contribution in [-0.2, 0) is 19.6 Å². The predicted octanol–water partition coefficient (Wildman–Crippen LogP) is 1.73. The van der Waals surface area contributed by atoms with Crippen LogP contribution in [0.15, 0.2) is 59.5 Å². The maximum atomic E-state index is 12.6. The highest BCUT2D eigenvalue weighted by Gasteiger charge is 2.23. The molecule has 2 rings (SSSR count). The number of hydrogen-bond acceptors (Lipinski definition) is 5. The van der Waals surface area contributed by atoms with Gasteiger partial charge >= 0.3 is 0 Å². The van der Waals surface area contributed by atoms with E-state index in [4.69, 9.17) is 0 Å². The number of carbonyl (C=O) groups is 2. The number of carbonyl (C=O) groups excluding carboxylic acids is 2. The normalized spacial score (nSPS) is 13.5. The third-order valence-corrected chi connectivity index (χ3v) is 6.04. The number of hydrogen-bond donors (Lipinski definition) is 3. The van der Waals surface area contributed by atoms with Gasteiger partial charge in [0, 0.05) is 19.2 Å². The molecule has 2 aromatic rings. The molecule has 0 spiro atoms. The summed E-state index contributed by atoms with van der Waals surface area (Å²) < 4.78 is 27.5. The van der Waals surface area contributed by atoms with Crippen LogP contribution in [0, 0.1) is 0 Å². The first-order chi connectivity index (χ1) is 14.1. The molecule has 0 saturated carbocycles. The van der Waals surface area contributed by atoms with E-state index in [1.54, 1.807) is 0 Å². The zero-order valence-corrected chi connectivity index (χ0v) is 18.4. The van der Waals surface area contributed by atoms with Crippen molar-refractivity contribution in [3.63, 3.8) is 0 Å². The third-order valence-electron chi connectivity index (χ3n) is 4.49. The number of likely N-dealkylation sites (N-methyl/N-ethyl adjacent to an activating group) is 1. The monoisotopic (exact) mass is 432 g/mol. The van der Waals surface area contributed by atoms with Crippen LogP contribution in [0.25, 0.3) is 0 Å². The lowest BCUT2D eigenvalue weighted by Gasteiger charge is -2.26. The Morgan fingerprint density at radius 3 is 2.13 bits per heavy atom. The minimum absolute atomic E-state index is 0.00621. The average molecular weight is 433 g/mol. The van der Waals surface area contributed by atoms with E-state index in [0.29, 0.717) is 12.2 Å². The fourth-order valence-corrected chi connectivity index (χ4v) is 4.10. The van der Waals surface area contributed by atoms with Gasteiger partial charge in [0.2, 0.25) is 21.8 Å². The molecule has 2 amide bonds. The van der Waals surface area contributed by atoms with E-state index in [0.717, 1.165) is 5.56 Å². The van der Waals surface area contributed by atoms with Crippen LogP contribution >= 0.6 is 0 Å². The summed E-state index contributed by atoms with van der Waals surface area (Å²) in [4.78, 5) is 25.5. The third kappa shape index (κ3) is 6.65. The first-order valence-corrected chi connectivity index (χ1v) is 11.0. The van der Waals surface area contributed by atoms with Crippen LogP contribution in [-0.4, -0.2) is 51.8 Å². The summed E-state index contributed by atoms with van der Waals surface area (Å²) in [6.07, 6.45) is 0. The number of sulfonamides is 1. The highest BCUT2D eigenvalue weighted by molar-refractivity contribution is 7.89. The van der Waals surface area contributed by atoms with Crippen LogP contribution in [0.4, 0.5) is 5.69 Å². The first-order valence-electron chi connectivity index (χ1n) is 9.49. The SMILES string of the molecule is CC(=O)Nc1ccc(S(=O)(=O)N[C@@H](C)C(=O)NC[C@H](c2ccccc2)N(C)C)cc1. The molecule has 2 aromatic carbocycles. The molecule has 162 valence electrons. The number of rotatable bonds is 9. The number of benzene rings is 2. The van der Waals surface area contributed by atoms with Crippen LogP contribution in [0.1, 0.15) is 25.5 Å². The molecule has 3 N–H and O–H groups in total. The van der Waals surface area contributed by atoms with Crippen molar-refractivity contribution in [3.8, 4) is 0 Å². The van der Waals surface area contributed by atoms with E-state index >= 15 is 0 Å². The Kier molecular flexibility index (Phi) is 8.10. The minimum Gasteiger partial charge on any atom is -0.353 e. The highest BCUT2D eigenvalue weighted by Crippen LogP contribution is 2.17. The van der Waals surface area contributed by atoms with Gasteiger partial charge in [-0.3, -0.25) is 9.59 Å². The van der Waals surface area contributed by atoms with Gasteiger partial charge in [-0.15, -0.1) is 0 Å². The summed E-state index contributed by atoms with van der Waals surface area (Å²) in [6, 6.07) is 14.5. The number of nitrogens with zero attached hydrogens (tertiary/aromatic N) is 1. The quantitative estimate of drug-likeness (QED) is 0.559. The maximum absolute atomic E-state index is 12.6. The number of anilines is 1. The summed E-state index contributed by atoms with van der Waals surface area (Å²) in [7, 11) is -0.0563. The molecule has 30 heavy (non-hydrogen) atoms. The van der Waals surface area contributed by atoms with Crippen LogP contribution < -0.4 is 15.4 Å². The van der Waals surface area contributed by atoms with Crippen molar-refractivity contribution in [1.82, 2.24) is 14.9 Å². The topological polar surface area (TPSA) is 108 Å². The molecule has 2 atom stereocenters. The van der Waals surface area contributed by atoms with Gasteiger partial charge in [0.05, 0.1) is 17.0 Å². The van der Waals surface area contributed by atoms with Gasteiger partial charge in [-0.05, 0) is 50.8 Å². The maximum Gasteiger partial charge on any atom is 0.241 e. The molecule has 0 heterocycles. The van der Waals surface area contributed by atoms with Gasteiger partial charge in [0.15, 0.2) is 0 Å². The highest BCUT2D eigenvalue weighted by atomic mass is 32.2. The van der Waals surface area contributed by atoms with Crippen molar-refractivity contribution in [2.24, 2.45) is 0 Å². The van der Waals surface area contributed by atoms with Gasteiger partial charge in [-0.25, -0.2) is 8.42 Å². The summed E-state index contributed by atoms with van der Waals surface area (Å²) in [5.41, 5.74) is 1.54. The van der Waals surface area contributed by atoms with Crippen LogP contribution in [0.5, 0.6) is 0 Å². The van der Waals surface area contributed by atoms with E-state index in [-0.39, 0.29) is 16.8 Å². The summed E-state index contributed by atoms with van der Waals surface area (Å²) in [5, 5.41) is 5.38. The largest absolute Gasteiger partial charge is 0.353 e. The Hall–Kier alpha value is -2.75. The molecule has 0 unspecified atom stereocenters. The second kappa shape index (κ2) is 10.3. The Bertz CT molecular complexity index is 960. The lowest BCUT2D eigenvalue weighted by atomic mass is 10.1. The molecule has 0 radical (unpaired) electrons. The fourth-order valence-electron chi connectivity index (χ4n) is 2.90. The Balaban J connectivity index is 1.99. The summed E-state index contributed by atoms with van der Waals surface area (Å²) >= 11 is 0. The molecule has 0 aliphatic heterocycles. The van der Waals surface area contributed by atoms with E-state index < -0.39 is 22.0 Å². The van der Waals surface area contributed by atoms with E-state index in [1.807, 2.05) is 49.3 Å². The predicted molar refractivity (Wildman–Crippen MR) is 116 cm³/mol. The second-order valence-corrected chi connectivity index (χ2v) is 8.90. The zero-order chi connectivity index (χ0) is 22.3.